The first-order valence-corrected chi connectivity index (χ1v) is 11.3. The number of benzene rings is 1. The van der Waals surface area contributed by atoms with Gasteiger partial charge in [0.25, 0.3) is 5.91 Å². The number of rotatable bonds is 2. The van der Waals surface area contributed by atoms with Crippen LogP contribution >= 0.6 is 0 Å². The van der Waals surface area contributed by atoms with Gasteiger partial charge in [0.15, 0.2) is 0 Å². The Kier molecular flexibility index (Phi) is 7.14. The average Bonchev–Trinajstić information content (AvgIpc) is 2.83. The highest BCUT2D eigenvalue weighted by Crippen LogP contribution is 2.37. The zero-order valence-electron chi connectivity index (χ0n) is 18.1. The van der Waals surface area contributed by atoms with Crippen molar-refractivity contribution >= 4 is 5.91 Å². The minimum Gasteiger partial charge on any atom is -0.491 e. The highest BCUT2D eigenvalue weighted by molar-refractivity contribution is 5.90. The zero-order chi connectivity index (χ0) is 21.5. The summed E-state index contributed by atoms with van der Waals surface area (Å²) in [6.45, 7) is 4.61. The molecule has 7 nitrogen and oxygen atoms in total. The molecule has 1 aromatic heterocycles. The molecule has 31 heavy (non-hydrogen) atoms. The highest BCUT2D eigenvalue weighted by Gasteiger charge is 2.34. The number of carbonyl (C=O) groups is 1. The van der Waals surface area contributed by atoms with Crippen molar-refractivity contribution in [1.29, 1.82) is 0 Å². The molecule has 2 aromatic rings. The molecule has 3 aliphatic heterocycles. The van der Waals surface area contributed by atoms with Crippen molar-refractivity contribution in [3.8, 4) is 5.75 Å². The molecule has 7 heteroatoms. The van der Waals surface area contributed by atoms with E-state index >= 15 is 0 Å². The first-order valence-electron chi connectivity index (χ1n) is 11.3. The Bertz CT molecular complexity index is 853. The Morgan fingerprint density at radius 1 is 1.00 bits per heavy atom. The molecule has 3 aliphatic rings. The molecule has 0 atom stereocenters. The fourth-order valence-electron chi connectivity index (χ4n) is 4.62. The van der Waals surface area contributed by atoms with Crippen LogP contribution in [0.15, 0.2) is 42.7 Å². The van der Waals surface area contributed by atoms with Gasteiger partial charge in [-0.1, -0.05) is 24.6 Å². The smallest absolute Gasteiger partial charge is 0.291 e. The molecule has 0 radical (unpaired) electrons. The molecule has 1 N–H and O–H groups in total. The SMILES string of the molecule is O=C(c1ncccn1)N1CCCCC2(CO)CCN(CC2)Cc2ccccc2OCC1. The number of piperidine rings is 1. The Morgan fingerprint density at radius 2 is 1.77 bits per heavy atom. The number of aliphatic hydroxyl groups is 1. The molecule has 2 bridgehead atoms. The second-order valence-corrected chi connectivity index (χ2v) is 8.71. The number of aromatic nitrogens is 2. The van der Waals surface area contributed by atoms with E-state index in [0.717, 1.165) is 63.1 Å². The van der Waals surface area contributed by atoms with Gasteiger partial charge in [-0.15, -0.1) is 0 Å². The van der Waals surface area contributed by atoms with Crippen molar-refractivity contribution in [2.45, 2.75) is 38.6 Å². The van der Waals surface area contributed by atoms with Crippen molar-refractivity contribution in [2.75, 3.05) is 39.4 Å². The van der Waals surface area contributed by atoms with Gasteiger partial charge >= 0.3 is 0 Å². The second-order valence-electron chi connectivity index (χ2n) is 8.71. The lowest BCUT2D eigenvalue weighted by Gasteiger charge is -2.41. The molecule has 166 valence electrons. The fraction of sp³-hybridized carbons (Fsp3) is 0.542. The van der Waals surface area contributed by atoms with Crippen molar-refractivity contribution < 1.29 is 14.6 Å². The van der Waals surface area contributed by atoms with Crippen LogP contribution in [-0.4, -0.2) is 70.2 Å². The maximum absolute atomic E-state index is 13.0. The van der Waals surface area contributed by atoms with Crippen molar-refractivity contribution in [2.24, 2.45) is 5.41 Å². The van der Waals surface area contributed by atoms with E-state index in [2.05, 4.69) is 20.9 Å². The topological polar surface area (TPSA) is 78.8 Å². The highest BCUT2D eigenvalue weighted by atomic mass is 16.5. The maximum Gasteiger partial charge on any atom is 0.291 e. The molecule has 5 rings (SSSR count). The summed E-state index contributed by atoms with van der Waals surface area (Å²) in [4.78, 5) is 25.5. The molecule has 0 saturated carbocycles. The largest absolute Gasteiger partial charge is 0.491 e. The van der Waals surface area contributed by atoms with E-state index in [-0.39, 0.29) is 23.8 Å². The molecule has 1 saturated heterocycles. The summed E-state index contributed by atoms with van der Waals surface area (Å²) >= 11 is 0. The number of amides is 1. The van der Waals surface area contributed by atoms with Crippen LogP contribution < -0.4 is 4.74 Å². The summed E-state index contributed by atoms with van der Waals surface area (Å²) < 4.78 is 6.13. The number of carbonyl (C=O) groups excluding carboxylic acids is 1. The first-order chi connectivity index (χ1) is 15.2. The lowest BCUT2D eigenvalue weighted by Crippen LogP contribution is -2.41. The van der Waals surface area contributed by atoms with E-state index in [9.17, 15) is 9.90 Å². The minimum absolute atomic E-state index is 0.00404. The molecule has 1 fully saturated rings. The number of hydrogen-bond acceptors (Lipinski definition) is 6. The summed E-state index contributed by atoms with van der Waals surface area (Å²) in [5.74, 6) is 0.935. The number of aliphatic hydroxyl groups excluding tert-OH is 1. The van der Waals surface area contributed by atoms with Gasteiger partial charge in [-0.25, -0.2) is 9.97 Å². The zero-order valence-corrected chi connectivity index (χ0v) is 18.1. The summed E-state index contributed by atoms with van der Waals surface area (Å²) in [5, 5.41) is 10.1. The average molecular weight is 425 g/mol. The van der Waals surface area contributed by atoms with Gasteiger partial charge in [-0.2, -0.15) is 0 Å². The number of para-hydroxylation sites is 1. The summed E-state index contributed by atoms with van der Waals surface area (Å²) in [5.41, 5.74) is 1.17. The van der Waals surface area contributed by atoms with Crippen LogP contribution in [0.5, 0.6) is 5.75 Å². The Hall–Kier alpha value is -2.51. The van der Waals surface area contributed by atoms with Gasteiger partial charge < -0.3 is 14.7 Å². The van der Waals surface area contributed by atoms with Crippen LogP contribution in [0.2, 0.25) is 0 Å². The van der Waals surface area contributed by atoms with Crippen molar-refractivity contribution in [3.63, 3.8) is 0 Å². The van der Waals surface area contributed by atoms with E-state index in [1.807, 2.05) is 18.2 Å². The Labute approximate surface area is 184 Å². The van der Waals surface area contributed by atoms with E-state index < -0.39 is 0 Å². The van der Waals surface area contributed by atoms with Crippen LogP contribution in [0.25, 0.3) is 0 Å². The predicted octanol–water partition coefficient (Wildman–Crippen LogP) is 2.76. The standard InChI is InChI=1S/C24H32N4O3/c29-19-24-8-3-4-13-28(23(30)22-25-11-5-12-26-22)16-17-31-21-7-2-1-6-20(21)18-27(14-9-24)15-10-24/h1-2,5-7,11-12,29H,3-4,8-10,13-19H2. The molecule has 0 unspecified atom stereocenters. The molecule has 4 heterocycles. The third kappa shape index (κ3) is 5.40. The van der Waals surface area contributed by atoms with Crippen LogP contribution in [0, 0.1) is 5.41 Å². The number of fused-ring (bicyclic) bond motifs is 9. The monoisotopic (exact) mass is 424 g/mol. The van der Waals surface area contributed by atoms with Gasteiger partial charge in [0.05, 0.1) is 6.54 Å². The Morgan fingerprint density at radius 3 is 2.55 bits per heavy atom. The number of hydrogen-bond donors (Lipinski definition) is 1. The second kappa shape index (κ2) is 10.2. The van der Waals surface area contributed by atoms with Crippen LogP contribution in [0.3, 0.4) is 0 Å². The summed E-state index contributed by atoms with van der Waals surface area (Å²) in [7, 11) is 0. The third-order valence-electron chi connectivity index (χ3n) is 6.67. The third-order valence-corrected chi connectivity index (χ3v) is 6.67. The van der Waals surface area contributed by atoms with E-state index in [0.29, 0.717) is 19.7 Å². The van der Waals surface area contributed by atoms with E-state index in [1.165, 1.54) is 0 Å². The van der Waals surface area contributed by atoms with E-state index in [4.69, 9.17) is 4.74 Å². The molecular formula is C24H32N4O3. The van der Waals surface area contributed by atoms with Crippen molar-refractivity contribution in [1.82, 2.24) is 19.8 Å². The van der Waals surface area contributed by atoms with Gasteiger partial charge in [0.2, 0.25) is 5.82 Å². The first kappa shape index (κ1) is 21.7. The van der Waals surface area contributed by atoms with Gasteiger partial charge in [0.1, 0.15) is 12.4 Å². The molecule has 1 amide bonds. The summed E-state index contributed by atoms with van der Waals surface area (Å²) in [6.07, 6.45) is 8.07. The predicted molar refractivity (Wildman–Crippen MR) is 118 cm³/mol. The summed E-state index contributed by atoms with van der Waals surface area (Å²) in [6, 6.07) is 9.85. The Balaban J connectivity index is 1.53. The quantitative estimate of drug-likeness (QED) is 0.799. The van der Waals surface area contributed by atoms with Crippen molar-refractivity contribution in [3.05, 3.63) is 54.1 Å². The maximum atomic E-state index is 13.0. The van der Waals surface area contributed by atoms with Gasteiger partial charge in [-0.3, -0.25) is 9.69 Å². The van der Waals surface area contributed by atoms with Gasteiger partial charge in [-0.05, 0) is 56.3 Å². The molecule has 0 spiro atoms. The normalized spacial score (nSPS) is 25.1. The van der Waals surface area contributed by atoms with E-state index in [1.54, 1.807) is 23.4 Å². The van der Waals surface area contributed by atoms with Crippen LogP contribution in [-0.2, 0) is 6.54 Å². The van der Waals surface area contributed by atoms with Crippen LogP contribution in [0.1, 0.15) is 48.3 Å². The lowest BCUT2D eigenvalue weighted by molar-refractivity contribution is 0.0319. The lowest BCUT2D eigenvalue weighted by atomic mass is 9.75. The minimum atomic E-state index is -0.161. The number of nitrogens with zero attached hydrogens (tertiary/aromatic N) is 4. The molecular weight excluding hydrogens is 392 g/mol. The van der Waals surface area contributed by atoms with Crippen LogP contribution in [0.4, 0.5) is 0 Å². The molecule has 1 aromatic carbocycles. The van der Waals surface area contributed by atoms with Gasteiger partial charge in [0, 0.05) is 37.7 Å². The number of ether oxygens (including phenoxy) is 1. The molecule has 0 aliphatic carbocycles. The fourth-order valence-corrected chi connectivity index (χ4v) is 4.62.